The lowest BCUT2D eigenvalue weighted by Crippen LogP contribution is -2.13. The van der Waals surface area contributed by atoms with Crippen molar-refractivity contribution >= 4 is 0 Å². The first-order chi connectivity index (χ1) is 7.18. The summed E-state index contributed by atoms with van der Waals surface area (Å²) in [7, 11) is 0. The Morgan fingerprint density at radius 1 is 1.27 bits per heavy atom. The second kappa shape index (κ2) is 4.30. The van der Waals surface area contributed by atoms with Crippen molar-refractivity contribution in [1.29, 1.82) is 0 Å². The van der Waals surface area contributed by atoms with Gasteiger partial charge >= 0.3 is 0 Å². The molecular weight excluding hydrogens is 194 g/mol. The van der Waals surface area contributed by atoms with Gasteiger partial charge in [0.25, 0.3) is 0 Å². The molecule has 81 valence electrons. The highest BCUT2D eigenvalue weighted by Gasteiger charge is 2.23. The van der Waals surface area contributed by atoms with Crippen molar-refractivity contribution in [2.45, 2.75) is 32.1 Å². The largest absolute Gasteiger partial charge is 0.204 e. The normalized spacial score (nSPS) is 26.6. The van der Waals surface area contributed by atoms with Crippen molar-refractivity contribution in [2.75, 3.05) is 0 Å². The molecule has 0 amide bonds. The van der Waals surface area contributed by atoms with E-state index < -0.39 is 11.6 Å². The van der Waals surface area contributed by atoms with Gasteiger partial charge in [0.2, 0.25) is 0 Å². The molecule has 1 fully saturated rings. The van der Waals surface area contributed by atoms with Crippen molar-refractivity contribution in [1.82, 2.24) is 0 Å². The maximum Gasteiger partial charge on any atom is 0.162 e. The summed E-state index contributed by atoms with van der Waals surface area (Å²) in [4.78, 5) is 0. The molecule has 0 nitrogen and oxygen atoms in total. The van der Waals surface area contributed by atoms with Crippen molar-refractivity contribution in [2.24, 2.45) is 5.92 Å². The Morgan fingerprint density at radius 2 is 2.07 bits per heavy atom. The van der Waals surface area contributed by atoms with Crippen molar-refractivity contribution in [3.05, 3.63) is 41.8 Å². The van der Waals surface area contributed by atoms with Gasteiger partial charge in [-0.25, -0.2) is 8.78 Å². The highest BCUT2D eigenvalue weighted by molar-refractivity contribution is 5.24. The summed E-state index contributed by atoms with van der Waals surface area (Å²) in [6.45, 7) is 2.13. The fourth-order valence-electron chi connectivity index (χ4n) is 2.36. The third kappa shape index (κ3) is 2.19. The molecule has 0 saturated heterocycles. The zero-order valence-corrected chi connectivity index (χ0v) is 8.84. The van der Waals surface area contributed by atoms with Crippen LogP contribution in [0, 0.1) is 24.0 Å². The standard InChI is InChI=1S/C13H15F2/c1-9-4-2-5-10(8-9)11-6-3-7-12(14)13(11)15/h3-4,6-7,9-10H,2,5,8H2,1H3. The Bertz CT molecular complexity index is 346. The Morgan fingerprint density at radius 3 is 2.80 bits per heavy atom. The zero-order chi connectivity index (χ0) is 10.8. The lowest BCUT2D eigenvalue weighted by Gasteiger charge is -2.27. The summed E-state index contributed by atoms with van der Waals surface area (Å²) in [6, 6.07) is 4.48. The SMILES string of the molecule is CC1[CH]CCC(c2cccc(F)c2F)C1. The van der Waals surface area contributed by atoms with Crippen LogP contribution in [0.4, 0.5) is 8.78 Å². The van der Waals surface area contributed by atoms with Gasteiger partial charge in [0.05, 0.1) is 0 Å². The number of benzene rings is 1. The molecule has 0 aromatic heterocycles. The maximum atomic E-state index is 13.5. The molecule has 1 aromatic rings. The first-order valence-corrected chi connectivity index (χ1v) is 5.45. The zero-order valence-electron chi connectivity index (χ0n) is 8.84. The highest BCUT2D eigenvalue weighted by Crippen LogP contribution is 2.36. The summed E-state index contributed by atoms with van der Waals surface area (Å²) in [6.07, 6.45) is 5.13. The summed E-state index contributed by atoms with van der Waals surface area (Å²) < 4.78 is 26.6. The molecule has 2 unspecified atom stereocenters. The fraction of sp³-hybridized carbons (Fsp3) is 0.462. The molecule has 1 aliphatic rings. The monoisotopic (exact) mass is 209 g/mol. The van der Waals surface area contributed by atoms with Crippen molar-refractivity contribution < 1.29 is 8.78 Å². The molecule has 2 atom stereocenters. The molecule has 1 aromatic carbocycles. The van der Waals surface area contributed by atoms with E-state index in [2.05, 4.69) is 13.3 Å². The Balaban J connectivity index is 2.24. The quantitative estimate of drug-likeness (QED) is 0.654. The highest BCUT2D eigenvalue weighted by atomic mass is 19.2. The Labute approximate surface area is 89.3 Å². The lowest BCUT2D eigenvalue weighted by atomic mass is 9.78. The Kier molecular flexibility index (Phi) is 3.03. The third-order valence-corrected chi connectivity index (χ3v) is 3.16. The molecular formula is C13H15F2. The number of hydrogen-bond acceptors (Lipinski definition) is 0. The van der Waals surface area contributed by atoms with Gasteiger partial charge in [0.1, 0.15) is 0 Å². The molecule has 2 heteroatoms. The first-order valence-electron chi connectivity index (χ1n) is 5.45. The molecule has 1 radical (unpaired) electrons. The molecule has 0 heterocycles. The van der Waals surface area contributed by atoms with Crippen LogP contribution in [0.5, 0.6) is 0 Å². The average Bonchev–Trinajstić information content (AvgIpc) is 2.22. The number of rotatable bonds is 1. The van der Waals surface area contributed by atoms with Crippen LogP contribution in [-0.2, 0) is 0 Å². The molecule has 1 aliphatic carbocycles. The van der Waals surface area contributed by atoms with E-state index in [1.54, 1.807) is 12.1 Å². The van der Waals surface area contributed by atoms with Gasteiger partial charge in [-0.05, 0) is 49.1 Å². The van der Waals surface area contributed by atoms with Gasteiger partial charge < -0.3 is 0 Å². The minimum absolute atomic E-state index is 0.181. The van der Waals surface area contributed by atoms with Crippen LogP contribution in [0.2, 0.25) is 0 Å². The van der Waals surface area contributed by atoms with E-state index in [1.807, 2.05) is 0 Å². The van der Waals surface area contributed by atoms with E-state index >= 15 is 0 Å². The number of halogens is 2. The van der Waals surface area contributed by atoms with E-state index in [9.17, 15) is 8.78 Å². The average molecular weight is 209 g/mol. The van der Waals surface area contributed by atoms with E-state index in [-0.39, 0.29) is 5.92 Å². The summed E-state index contributed by atoms with van der Waals surface area (Å²) >= 11 is 0. The van der Waals surface area contributed by atoms with Gasteiger partial charge in [-0.15, -0.1) is 0 Å². The minimum atomic E-state index is -0.727. The number of hydrogen-bond donors (Lipinski definition) is 0. The Hall–Kier alpha value is -0.920. The van der Waals surface area contributed by atoms with E-state index in [0.29, 0.717) is 11.5 Å². The molecule has 15 heavy (non-hydrogen) atoms. The maximum absolute atomic E-state index is 13.5. The molecule has 1 saturated carbocycles. The predicted octanol–water partition coefficient (Wildman–Crippen LogP) is 4.07. The van der Waals surface area contributed by atoms with Gasteiger partial charge in [0.15, 0.2) is 11.6 Å². The van der Waals surface area contributed by atoms with Gasteiger partial charge in [-0.1, -0.05) is 19.1 Å². The van der Waals surface area contributed by atoms with Crippen LogP contribution in [-0.4, -0.2) is 0 Å². The molecule has 2 rings (SSSR count). The van der Waals surface area contributed by atoms with Crippen LogP contribution in [0.3, 0.4) is 0 Å². The fourth-order valence-corrected chi connectivity index (χ4v) is 2.36. The molecule has 0 aliphatic heterocycles. The van der Waals surface area contributed by atoms with E-state index in [1.165, 1.54) is 6.07 Å². The van der Waals surface area contributed by atoms with Crippen LogP contribution < -0.4 is 0 Å². The van der Waals surface area contributed by atoms with Gasteiger partial charge in [0, 0.05) is 0 Å². The van der Waals surface area contributed by atoms with E-state index in [4.69, 9.17) is 0 Å². The van der Waals surface area contributed by atoms with Gasteiger partial charge in [-0.3, -0.25) is 0 Å². The minimum Gasteiger partial charge on any atom is -0.204 e. The first kappa shape index (κ1) is 10.6. The molecule has 0 spiro atoms. The van der Waals surface area contributed by atoms with Crippen LogP contribution in [0.1, 0.15) is 37.7 Å². The summed E-state index contributed by atoms with van der Waals surface area (Å²) in [5.41, 5.74) is 0.551. The second-order valence-electron chi connectivity index (χ2n) is 4.37. The third-order valence-electron chi connectivity index (χ3n) is 3.16. The van der Waals surface area contributed by atoms with Crippen molar-refractivity contribution in [3.8, 4) is 0 Å². The predicted molar refractivity (Wildman–Crippen MR) is 56.4 cm³/mol. The van der Waals surface area contributed by atoms with Gasteiger partial charge in [-0.2, -0.15) is 0 Å². The van der Waals surface area contributed by atoms with E-state index in [0.717, 1.165) is 19.3 Å². The van der Waals surface area contributed by atoms with Crippen LogP contribution >= 0.6 is 0 Å². The molecule has 0 bridgehead atoms. The summed E-state index contributed by atoms with van der Waals surface area (Å²) in [5, 5.41) is 0. The van der Waals surface area contributed by atoms with Crippen LogP contribution in [0.25, 0.3) is 0 Å². The summed E-state index contributed by atoms with van der Waals surface area (Å²) in [5.74, 6) is -0.696. The smallest absolute Gasteiger partial charge is 0.162 e. The van der Waals surface area contributed by atoms with Crippen LogP contribution in [0.15, 0.2) is 18.2 Å². The topological polar surface area (TPSA) is 0 Å². The second-order valence-corrected chi connectivity index (χ2v) is 4.37. The molecule has 0 N–H and O–H groups in total. The lowest BCUT2D eigenvalue weighted by molar-refractivity contribution is 0.400. The van der Waals surface area contributed by atoms with Crippen molar-refractivity contribution in [3.63, 3.8) is 0 Å².